The highest BCUT2D eigenvalue weighted by atomic mass is 15.4. The van der Waals surface area contributed by atoms with Crippen LogP contribution < -0.4 is 0 Å². The van der Waals surface area contributed by atoms with Crippen molar-refractivity contribution in [2.45, 2.75) is 13.3 Å². The molecule has 4 heteroatoms. The Hall–Kier alpha value is -1.71. The van der Waals surface area contributed by atoms with Gasteiger partial charge in [0.25, 0.3) is 0 Å². The second kappa shape index (κ2) is 3.57. The molecule has 0 aromatic carbocycles. The molecule has 0 N–H and O–H groups in total. The summed E-state index contributed by atoms with van der Waals surface area (Å²) in [6, 6.07) is 0. The third kappa shape index (κ3) is 1.79. The molecule has 0 amide bonds. The smallest absolute Gasteiger partial charge is 0.112 e. The first-order valence-electron chi connectivity index (χ1n) is 4.53. The number of allylic oxidation sites excluding steroid dienone is 4. The topological polar surface area (TPSA) is 43.1 Å². The van der Waals surface area contributed by atoms with Crippen LogP contribution in [0.15, 0.2) is 29.0 Å². The second-order valence-electron chi connectivity index (χ2n) is 3.27. The molecule has 1 aromatic heterocycles. The highest BCUT2D eigenvalue weighted by Crippen LogP contribution is 2.17. The number of aliphatic imine (C=N–C) groups is 1. The Kier molecular flexibility index (Phi) is 2.26. The monoisotopic (exact) mass is 188 g/mol. The largest absolute Gasteiger partial charge is 0.266 e. The number of rotatable bonds is 1. The van der Waals surface area contributed by atoms with E-state index in [0.29, 0.717) is 0 Å². The quantitative estimate of drug-likeness (QED) is 0.671. The van der Waals surface area contributed by atoms with Crippen molar-refractivity contribution in [2.24, 2.45) is 12.0 Å². The Balaban J connectivity index is 2.35. The molecule has 0 aliphatic carbocycles. The molecule has 0 radical (unpaired) electrons. The van der Waals surface area contributed by atoms with E-state index >= 15 is 0 Å². The molecule has 0 atom stereocenters. The van der Waals surface area contributed by atoms with Gasteiger partial charge in [-0.3, -0.25) is 9.67 Å². The average Bonchev–Trinajstić information content (AvgIpc) is 2.45. The third-order valence-corrected chi connectivity index (χ3v) is 2.00. The van der Waals surface area contributed by atoms with Crippen LogP contribution in [0.4, 0.5) is 0 Å². The maximum absolute atomic E-state index is 4.24. The molecule has 1 aliphatic heterocycles. The van der Waals surface area contributed by atoms with Crippen LogP contribution in [0.1, 0.15) is 19.0 Å². The van der Waals surface area contributed by atoms with Crippen molar-refractivity contribution in [3.8, 4) is 0 Å². The van der Waals surface area contributed by atoms with Crippen LogP contribution in [0.5, 0.6) is 0 Å². The van der Waals surface area contributed by atoms with Crippen LogP contribution in [0.2, 0.25) is 0 Å². The molecule has 72 valence electrons. The lowest BCUT2D eigenvalue weighted by Crippen LogP contribution is -1.85. The Morgan fingerprint density at radius 3 is 3.00 bits per heavy atom. The van der Waals surface area contributed by atoms with Gasteiger partial charge in [0.2, 0.25) is 0 Å². The standard InChI is InChI=1S/C10H12N4/c1-8-6-9(4-3-5-11-8)10-7-14(2)13-12-10/h4-7H,3H2,1-2H3. The van der Waals surface area contributed by atoms with Crippen LogP contribution >= 0.6 is 0 Å². The summed E-state index contributed by atoms with van der Waals surface area (Å²) in [6.07, 6.45) is 8.77. The number of aromatic nitrogens is 3. The van der Waals surface area contributed by atoms with E-state index in [9.17, 15) is 0 Å². The van der Waals surface area contributed by atoms with E-state index in [2.05, 4.69) is 21.4 Å². The molecule has 1 aliphatic rings. The summed E-state index contributed by atoms with van der Waals surface area (Å²) in [5.41, 5.74) is 2.99. The zero-order valence-corrected chi connectivity index (χ0v) is 8.31. The zero-order chi connectivity index (χ0) is 9.97. The molecule has 4 nitrogen and oxygen atoms in total. The first-order chi connectivity index (χ1) is 6.75. The van der Waals surface area contributed by atoms with E-state index in [1.807, 2.05) is 32.5 Å². The third-order valence-electron chi connectivity index (χ3n) is 2.00. The van der Waals surface area contributed by atoms with Gasteiger partial charge < -0.3 is 0 Å². The average molecular weight is 188 g/mol. The number of hydrogen-bond donors (Lipinski definition) is 0. The lowest BCUT2D eigenvalue weighted by atomic mass is 10.1. The zero-order valence-electron chi connectivity index (χ0n) is 8.31. The Morgan fingerprint density at radius 2 is 2.29 bits per heavy atom. The van der Waals surface area contributed by atoms with E-state index in [1.54, 1.807) is 4.68 Å². The Labute approximate surface area is 82.7 Å². The summed E-state index contributed by atoms with van der Waals surface area (Å²) < 4.78 is 1.70. The lowest BCUT2D eigenvalue weighted by molar-refractivity contribution is 0.714. The van der Waals surface area contributed by atoms with Crippen molar-refractivity contribution in [3.63, 3.8) is 0 Å². The number of hydrogen-bond acceptors (Lipinski definition) is 3. The predicted octanol–water partition coefficient (Wildman–Crippen LogP) is 1.58. The Bertz CT molecular complexity index is 423. The van der Waals surface area contributed by atoms with E-state index in [1.165, 1.54) is 0 Å². The van der Waals surface area contributed by atoms with Gasteiger partial charge >= 0.3 is 0 Å². The second-order valence-corrected chi connectivity index (χ2v) is 3.27. The normalized spacial score (nSPS) is 16.1. The van der Waals surface area contributed by atoms with Gasteiger partial charge in [-0.1, -0.05) is 11.3 Å². The lowest BCUT2D eigenvalue weighted by Gasteiger charge is -1.94. The predicted molar refractivity (Wildman–Crippen MR) is 55.8 cm³/mol. The molecule has 0 saturated carbocycles. The molecule has 0 saturated heterocycles. The SMILES string of the molecule is CC1=CC(c2cn(C)nn2)=CCC=N1. The van der Waals surface area contributed by atoms with Crippen molar-refractivity contribution in [1.29, 1.82) is 0 Å². The summed E-state index contributed by atoms with van der Waals surface area (Å²) in [6.45, 7) is 1.98. The van der Waals surface area contributed by atoms with E-state index in [0.717, 1.165) is 23.4 Å². The molecule has 0 bridgehead atoms. The maximum Gasteiger partial charge on any atom is 0.112 e. The van der Waals surface area contributed by atoms with Gasteiger partial charge in [-0.25, -0.2) is 0 Å². The van der Waals surface area contributed by atoms with Gasteiger partial charge in [-0.05, 0) is 13.0 Å². The summed E-state index contributed by atoms with van der Waals surface area (Å²) in [5.74, 6) is 0. The molecule has 0 fully saturated rings. The Morgan fingerprint density at radius 1 is 1.43 bits per heavy atom. The van der Waals surface area contributed by atoms with Crippen LogP contribution in [-0.2, 0) is 7.05 Å². The fraction of sp³-hybridized carbons (Fsp3) is 0.300. The molecule has 2 heterocycles. The van der Waals surface area contributed by atoms with Gasteiger partial charge in [-0.2, -0.15) is 0 Å². The van der Waals surface area contributed by atoms with Crippen LogP contribution in [0, 0.1) is 0 Å². The molecule has 2 rings (SSSR count). The van der Waals surface area contributed by atoms with Gasteiger partial charge in [-0.15, -0.1) is 5.10 Å². The molecule has 1 aromatic rings. The minimum atomic E-state index is 0.847. The summed E-state index contributed by atoms with van der Waals surface area (Å²) in [7, 11) is 1.86. The van der Waals surface area contributed by atoms with Gasteiger partial charge in [0.1, 0.15) is 5.69 Å². The highest BCUT2D eigenvalue weighted by Gasteiger charge is 2.04. The van der Waals surface area contributed by atoms with Crippen molar-refractivity contribution in [2.75, 3.05) is 0 Å². The highest BCUT2D eigenvalue weighted by molar-refractivity contribution is 5.77. The number of nitrogens with zero attached hydrogens (tertiary/aromatic N) is 4. The van der Waals surface area contributed by atoms with E-state index < -0.39 is 0 Å². The summed E-state index contributed by atoms with van der Waals surface area (Å²) in [4.78, 5) is 4.24. The fourth-order valence-corrected chi connectivity index (χ4v) is 1.36. The van der Waals surface area contributed by atoms with Crippen molar-refractivity contribution in [3.05, 3.63) is 29.7 Å². The van der Waals surface area contributed by atoms with Crippen LogP contribution in [-0.4, -0.2) is 21.2 Å². The molecule has 14 heavy (non-hydrogen) atoms. The van der Waals surface area contributed by atoms with E-state index in [4.69, 9.17) is 0 Å². The van der Waals surface area contributed by atoms with Crippen LogP contribution in [0.3, 0.4) is 0 Å². The molecule has 0 unspecified atom stereocenters. The van der Waals surface area contributed by atoms with Crippen molar-refractivity contribution >= 4 is 11.8 Å². The van der Waals surface area contributed by atoms with Gasteiger partial charge in [0.05, 0.1) is 6.20 Å². The number of aryl methyl sites for hydroxylation is 1. The molecular formula is C10H12N4. The minimum Gasteiger partial charge on any atom is -0.266 e. The van der Waals surface area contributed by atoms with Crippen molar-refractivity contribution in [1.82, 2.24) is 15.0 Å². The van der Waals surface area contributed by atoms with E-state index in [-0.39, 0.29) is 0 Å². The maximum atomic E-state index is 4.24. The fourth-order valence-electron chi connectivity index (χ4n) is 1.36. The van der Waals surface area contributed by atoms with Crippen molar-refractivity contribution < 1.29 is 0 Å². The summed E-state index contributed by atoms with van der Waals surface area (Å²) in [5, 5.41) is 7.96. The van der Waals surface area contributed by atoms with Gasteiger partial charge in [0.15, 0.2) is 0 Å². The summed E-state index contributed by atoms with van der Waals surface area (Å²) >= 11 is 0. The minimum absolute atomic E-state index is 0.847. The first kappa shape index (κ1) is 8.87. The van der Waals surface area contributed by atoms with Gasteiger partial charge in [0, 0.05) is 31.0 Å². The molecular weight excluding hydrogens is 176 g/mol. The van der Waals surface area contributed by atoms with Crippen LogP contribution in [0.25, 0.3) is 5.57 Å². The first-order valence-corrected chi connectivity index (χ1v) is 4.53. The molecule has 0 spiro atoms.